The molecule has 2 unspecified atom stereocenters. The quantitative estimate of drug-likeness (QED) is 0.385. The first-order valence-corrected chi connectivity index (χ1v) is 12.3. The maximum atomic E-state index is 13.4. The summed E-state index contributed by atoms with van der Waals surface area (Å²) in [5, 5.41) is 13.0. The number of carbonyl (C=O) groups is 1. The molecule has 0 saturated heterocycles. The number of aliphatic hydroxyl groups excluding tert-OH is 1. The fourth-order valence-electron chi connectivity index (χ4n) is 3.88. The zero-order valence-electron chi connectivity index (χ0n) is 19.1. The first-order chi connectivity index (χ1) is 15.9. The number of aliphatic hydroxyl groups is 1. The lowest BCUT2D eigenvalue weighted by Gasteiger charge is -2.38. The van der Waals surface area contributed by atoms with Gasteiger partial charge in [0.15, 0.2) is 0 Å². The molecule has 1 aliphatic rings. The summed E-state index contributed by atoms with van der Waals surface area (Å²) in [4.78, 5) is 18.6. The van der Waals surface area contributed by atoms with Crippen LogP contribution in [0.15, 0.2) is 35.7 Å². The summed E-state index contributed by atoms with van der Waals surface area (Å²) in [6.07, 6.45) is 5.30. The Morgan fingerprint density at radius 1 is 1.36 bits per heavy atom. The highest BCUT2D eigenvalue weighted by Gasteiger charge is 2.33. The molecule has 33 heavy (non-hydrogen) atoms. The van der Waals surface area contributed by atoms with Crippen LogP contribution in [0.1, 0.15) is 30.3 Å². The van der Waals surface area contributed by atoms with E-state index in [0.717, 1.165) is 12.0 Å². The van der Waals surface area contributed by atoms with Crippen LogP contribution in [0.4, 0.5) is 0 Å². The minimum absolute atomic E-state index is 0.0157. The van der Waals surface area contributed by atoms with Gasteiger partial charge in [-0.2, -0.15) is 0 Å². The number of amides is 1. The molecule has 2 aromatic rings. The van der Waals surface area contributed by atoms with Gasteiger partial charge in [0.05, 0.1) is 25.3 Å². The number of halogens is 1. The summed E-state index contributed by atoms with van der Waals surface area (Å²) in [7, 11) is 0. The molecule has 0 saturated carbocycles. The Morgan fingerprint density at radius 2 is 2.12 bits per heavy atom. The van der Waals surface area contributed by atoms with Crippen LogP contribution in [-0.2, 0) is 16.0 Å². The van der Waals surface area contributed by atoms with Crippen molar-refractivity contribution in [2.75, 3.05) is 39.5 Å². The monoisotopic (exact) mass is 490 g/mol. The van der Waals surface area contributed by atoms with Crippen LogP contribution < -0.4 is 4.74 Å². The molecule has 1 N–H and O–H groups in total. The molecule has 2 heterocycles. The van der Waals surface area contributed by atoms with Crippen LogP contribution in [0.2, 0.25) is 5.02 Å². The van der Waals surface area contributed by atoms with E-state index in [-0.39, 0.29) is 37.7 Å². The minimum Gasteiger partial charge on any atom is -0.491 e. The van der Waals surface area contributed by atoms with Gasteiger partial charge in [-0.1, -0.05) is 17.5 Å². The van der Waals surface area contributed by atoms with E-state index in [1.165, 1.54) is 4.88 Å². The maximum Gasteiger partial charge on any atom is 0.237 e. The van der Waals surface area contributed by atoms with Crippen molar-refractivity contribution >= 4 is 28.8 Å². The molecular formula is C25H31ClN2O4S. The average Bonchev–Trinajstić information content (AvgIpc) is 3.27. The van der Waals surface area contributed by atoms with E-state index in [9.17, 15) is 9.90 Å². The SMILES string of the molecule is C#CCOCC(O)CN(CC(=O)N1CCc2sccc2C1COc1ccc(Cl)cc1)C(C)C. The van der Waals surface area contributed by atoms with Crippen molar-refractivity contribution in [2.24, 2.45) is 0 Å². The van der Waals surface area contributed by atoms with Gasteiger partial charge >= 0.3 is 0 Å². The van der Waals surface area contributed by atoms with E-state index in [0.29, 0.717) is 30.5 Å². The van der Waals surface area contributed by atoms with E-state index in [4.69, 9.17) is 27.5 Å². The smallest absolute Gasteiger partial charge is 0.237 e. The van der Waals surface area contributed by atoms with Gasteiger partial charge in [-0.15, -0.1) is 17.8 Å². The van der Waals surface area contributed by atoms with Gasteiger partial charge < -0.3 is 19.5 Å². The van der Waals surface area contributed by atoms with Crippen LogP contribution >= 0.6 is 22.9 Å². The third kappa shape index (κ3) is 7.20. The normalized spacial score (nSPS) is 16.5. The molecule has 8 heteroatoms. The van der Waals surface area contributed by atoms with Crippen molar-refractivity contribution in [3.05, 3.63) is 51.2 Å². The number of carbonyl (C=O) groups excluding carboxylic acids is 1. The number of terminal acetylenes is 1. The lowest BCUT2D eigenvalue weighted by molar-refractivity contribution is -0.137. The lowest BCUT2D eigenvalue weighted by atomic mass is 10.00. The van der Waals surface area contributed by atoms with Crippen molar-refractivity contribution in [3.8, 4) is 18.1 Å². The molecule has 6 nitrogen and oxygen atoms in total. The van der Waals surface area contributed by atoms with Crippen LogP contribution in [0.3, 0.4) is 0 Å². The van der Waals surface area contributed by atoms with Crippen LogP contribution in [0.25, 0.3) is 0 Å². The molecule has 0 bridgehead atoms. The third-order valence-electron chi connectivity index (χ3n) is 5.65. The van der Waals surface area contributed by atoms with Crippen LogP contribution in [-0.4, -0.2) is 72.4 Å². The fourth-order valence-corrected chi connectivity index (χ4v) is 4.93. The molecule has 0 aliphatic carbocycles. The summed E-state index contributed by atoms with van der Waals surface area (Å²) in [6.45, 7) is 5.86. The average molecular weight is 491 g/mol. The Hall–Kier alpha value is -2.08. The van der Waals surface area contributed by atoms with Crippen molar-refractivity contribution < 1.29 is 19.4 Å². The van der Waals surface area contributed by atoms with E-state index < -0.39 is 6.10 Å². The fraction of sp³-hybridized carbons (Fsp3) is 0.480. The number of nitrogens with zero attached hydrogens (tertiary/aromatic N) is 2. The van der Waals surface area contributed by atoms with Gasteiger partial charge in [0, 0.05) is 29.0 Å². The van der Waals surface area contributed by atoms with E-state index in [2.05, 4.69) is 17.4 Å². The molecule has 3 rings (SSSR count). The van der Waals surface area contributed by atoms with Crippen LogP contribution in [0, 0.1) is 12.3 Å². The van der Waals surface area contributed by atoms with Crippen molar-refractivity contribution in [3.63, 3.8) is 0 Å². The van der Waals surface area contributed by atoms with E-state index >= 15 is 0 Å². The molecule has 0 radical (unpaired) electrons. The Morgan fingerprint density at radius 3 is 2.82 bits per heavy atom. The van der Waals surface area contributed by atoms with Gasteiger partial charge in [-0.25, -0.2) is 0 Å². The molecule has 178 valence electrons. The summed E-state index contributed by atoms with van der Waals surface area (Å²) in [5.41, 5.74) is 1.15. The second-order valence-electron chi connectivity index (χ2n) is 8.31. The van der Waals surface area contributed by atoms with E-state index in [1.54, 1.807) is 23.5 Å². The molecular weight excluding hydrogens is 460 g/mol. The molecule has 1 aromatic carbocycles. The highest BCUT2D eigenvalue weighted by molar-refractivity contribution is 7.10. The highest BCUT2D eigenvalue weighted by Crippen LogP contribution is 2.34. The summed E-state index contributed by atoms with van der Waals surface area (Å²) >= 11 is 7.70. The molecule has 1 amide bonds. The van der Waals surface area contributed by atoms with Crippen molar-refractivity contribution in [1.29, 1.82) is 0 Å². The summed E-state index contributed by atoms with van der Waals surface area (Å²) < 4.78 is 11.3. The Balaban J connectivity index is 1.68. The predicted molar refractivity (Wildman–Crippen MR) is 132 cm³/mol. The Kier molecular flexibility index (Phi) is 9.60. The van der Waals surface area contributed by atoms with Crippen molar-refractivity contribution in [2.45, 2.75) is 38.5 Å². The number of hydrogen-bond donors (Lipinski definition) is 1. The van der Waals surface area contributed by atoms with Gasteiger partial charge in [0.1, 0.15) is 19.0 Å². The topological polar surface area (TPSA) is 62.2 Å². The number of benzene rings is 1. The number of fused-ring (bicyclic) bond motifs is 1. The van der Waals surface area contributed by atoms with Crippen molar-refractivity contribution in [1.82, 2.24) is 9.80 Å². The number of rotatable bonds is 11. The van der Waals surface area contributed by atoms with Gasteiger partial charge in [0.2, 0.25) is 5.91 Å². The Bertz CT molecular complexity index is 941. The predicted octanol–water partition coefficient (Wildman–Crippen LogP) is 3.63. The number of hydrogen-bond acceptors (Lipinski definition) is 6. The van der Waals surface area contributed by atoms with Gasteiger partial charge in [-0.05, 0) is 61.5 Å². The third-order valence-corrected chi connectivity index (χ3v) is 6.89. The first-order valence-electron chi connectivity index (χ1n) is 11.1. The lowest BCUT2D eigenvalue weighted by Crippen LogP contribution is -2.49. The molecule has 1 aromatic heterocycles. The molecule has 0 spiro atoms. The molecule has 0 fully saturated rings. The largest absolute Gasteiger partial charge is 0.491 e. The van der Waals surface area contributed by atoms with E-state index in [1.807, 2.05) is 35.8 Å². The highest BCUT2D eigenvalue weighted by atomic mass is 35.5. The molecule has 2 atom stereocenters. The molecule has 1 aliphatic heterocycles. The second kappa shape index (κ2) is 12.4. The maximum absolute atomic E-state index is 13.4. The summed E-state index contributed by atoms with van der Waals surface area (Å²) in [6, 6.07) is 9.24. The minimum atomic E-state index is -0.720. The summed E-state index contributed by atoms with van der Waals surface area (Å²) in [5.74, 6) is 3.12. The zero-order chi connectivity index (χ0) is 23.8. The van der Waals surface area contributed by atoms with Gasteiger partial charge in [-0.3, -0.25) is 9.69 Å². The second-order valence-corrected chi connectivity index (χ2v) is 9.75. The van der Waals surface area contributed by atoms with Gasteiger partial charge in [0.25, 0.3) is 0 Å². The van der Waals surface area contributed by atoms with Crippen LogP contribution in [0.5, 0.6) is 5.75 Å². The first kappa shape index (κ1) is 25.5. The zero-order valence-corrected chi connectivity index (χ0v) is 20.6. The number of ether oxygens (including phenoxy) is 2. The standard InChI is InChI=1S/C25H31ClN2O4S/c1-4-12-31-16-20(29)14-27(18(2)3)15-25(30)28-11-9-24-22(10-13-33-24)23(28)17-32-21-7-5-19(26)6-8-21/h1,5-8,10,13,18,20,23,29H,9,11-12,14-17H2,2-3H3. The number of thiophene rings is 1. The Labute approximate surface area is 205 Å².